The normalized spacial score (nSPS) is 10.5. The fourth-order valence-corrected chi connectivity index (χ4v) is 1.63. The van der Waals surface area contributed by atoms with Crippen molar-refractivity contribution in [1.29, 1.82) is 0 Å². The summed E-state index contributed by atoms with van der Waals surface area (Å²) >= 11 is 0. The van der Waals surface area contributed by atoms with Gasteiger partial charge in [0.25, 0.3) is 5.89 Å². The van der Waals surface area contributed by atoms with Crippen LogP contribution in [0.3, 0.4) is 0 Å². The van der Waals surface area contributed by atoms with Crippen LogP contribution >= 0.6 is 0 Å². The first-order valence-electron chi connectivity index (χ1n) is 5.50. The highest BCUT2D eigenvalue weighted by atomic mass is 16.4. The van der Waals surface area contributed by atoms with Crippen molar-refractivity contribution >= 4 is 0 Å². The van der Waals surface area contributed by atoms with Gasteiger partial charge in [0.2, 0.25) is 5.89 Å². The quantitative estimate of drug-likeness (QED) is 0.686. The van der Waals surface area contributed by atoms with Crippen molar-refractivity contribution in [3.8, 4) is 23.0 Å². The Hall–Kier alpha value is -2.56. The van der Waals surface area contributed by atoms with Crippen LogP contribution in [0.5, 0.6) is 0 Å². The van der Waals surface area contributed by atoms with Gasteiger partial charge >= 0.3 is 0 Å². The zero-order valence-corrected chi connectivity index (χ0v) is 9.74. The zero-order chi connectivity index (χ0) is 12.4. The van der Waals surface area contributed by atoms with Crippen molar-refractivity contribution in [3.63, 3.8) is 0 Å². The third-order valence-corrected chi connectivity index (χ3v) is 2.47. The van der Waals surface area contributed by atoms with E-state index < -0.39 is 0 Å². The number of aryl methyl sites for hydroxylation is 1. The third-order valence-electron chi connectivity index (χ3n) is 2.47. The highest BCUT2D eigenvalue weighted by molar-refractivity contribution is 5.56. The summed E-state index contributed by atoms with van der Waals surface area (Å²) in [5.74, 6) is 0.860. The van der Waals surface area contributed by atoms with E-state index in [9.17, 15) is 0 Å². The van der Waals surface area contributed by atoms with Crippen molar-refractivity contribution in [3.05, 3.63) is 48.4 Å². The zero-order valence-electron chi connectivity index (χ0n) is 9.74. The molecule has 0 saturated carbocycles. The fourth-order valence-electron chi connectivity index (χ4n) is 1.63. The molecule has 0 aliphatic heterocycles. The first-order valence-corrected chi connectivity index (χ1v) is 5.50. The highest BCUT2D eigenvalue weighted by Crippen LogP contribution is 2.22. The van der Waals surface area contributed by atoms with Gasteiger partial charge in [0.05, 0.1) is 6.20 Å². The molecule has 5 heteroatoms. The summed E-state index contributed by atoms with van der Waals surface area (Å²) in [6, 6.07) is 7.90. The second-order valence-electron chi connectivity index (χ2n) is 3.87. The molecule has 5 nitrogen and oxygen atoms in total. The highest BCUT2D eigenvalue weighted by Gasteiger charge is 2.11. The average Bonchev–Trinajstić information content (AvgIpc) is 2.89. The van der Waals surface area contributed by atoms with E-state index in [1.54, 1.807) is 18.6 Å². The van der Waals surface area contributed by atoms with Gasteiger partial charge in [-0.15, -0.1) is 10.2 Å². The van der Waals surface area contributed by atoms with Crippen molar-refractivity contribution < 1.29 is 4.42 Å². The molecule has 0 aliphatic rings. The molecule has 0 radical (unpaired) electrons. The van der Waals surface area contributed by atoms with Gasteiger partial charge in [0.15, 0.2) is 0 Å². The lowest BCUT2D eigenvalue weighted by Gasteiger charge is -1.96. The minimum atomic E-state index is 0.375. The van der Waals surface area contributed by atoms with Gasteiger partial charge in [0, 0.05) is 18.0 Å². The summed E-state index contributed by atoms with van der Waals surface area (Å²) in [4.78, 5) is 8.08. The van der Waals surface area contributed by atoms with E-state index in [0.717, 1.165) is 11.1 Å². The minimum absolute atomic E-state index is 0.375. The predicted octanol–water partition coefficient (Wildman–Crippen LogP) is 2.50. The molecule has 0 N–H and O–H groups in total. The first-order chi connectivity index (χ1) is 8.83. The Morgan fingerprint density at radius 1 is 1.06 bits per heavy atom. The lowest BCUT2D eigenvalue weighted by atomic mass is 10.1. The molecule has 0 saturated heterocycles. The molecule has 0 unspecified atom stereocenters. The maximum atomic E-state index is 5.59. The number of benzene rings is 1. The van der Waals surface area contributed by atoms with Gasteiger partial charge in [-0.1, -0.05) is 17.7 Å². The van der Waals surface area contributed by atoms with Crippen LogP contribution in [0, 0.1) is 6.92 Å². The van der Waals surface area contributed by atoms with Crippen LogP contribution in [-0.4, -0.2) is 20.2 Å². The molecular weight excluding hydrogens is 228 g/mol. The van der Waals surface area contributed by atoms with Crippen molar-refractivity contribution in [2.45, 2.75) is 6.92 Å². The third kappa shape index (κ3) is 1.98. The summed E-state index contributed by atoms with van der Waals surface area (Å²) in [5, 5.41) is 7.99. The molecule has 0 bridgehead atoms. The predicted molar refractivity (Wildman–Crippen MR) is 65.5 cm³/mol. The van der Waals surface area contributed by atoms with Gasteiger partial charge in [-0.05, 0) is 19.1 Å². The van der Waals surface area contributed by atoms with Crippen molar-refractivity contribution in [2.75, 3.05) is 0 Å². The standard InChI is InChI=1S/C13H10N4O/c1-9-3-2-4-10(7-9)12-16-17-13(18-12)11-8-14-5-6-15-11/h2-8H,1H3. The Balaban J connectivity index is 2.00. The van der Waals surface area contributed by atoms with Crippen LogP contribution in [0.1, 0.15) is 5.56 Å². The van der Waals surface area contributed by atoms with E-state index in [-0.39, 0.29) is 0 Å². The van der Waals surface area contributed by atoms with E-state index in [0.29, 0.717) is 17.5 Å². The van der Waals surface area contributed by atoms with Crippen LogP contribution in [-0.2, 0) is 0 Å². The molecule has 2 heterocycles. The van der Waals surface area contributed by atoms with Crippen LogP contribution < -0.4 is 0 Å². The van der Waals surface area contributed by atoms with Gasteiger partial charge in [-0.3, -0.25) is 4.98 Å². The number of nitrogens with zero attached hydrogens (tertiary/aromatic N) is 4. The number of hydrogen-bond acceptors (Lipinski definition) is 5. The van der Waals surface area contributed by atoms with Gasteiger partial charge in [0.1, 0.15) is 5.69 Å². The van der Waals surface area contributed by atoms with Crippen LogP contribution in [0.15, 0.2) is 47.3 Å². The van der Waals surface area contributed by atoms with Crippen LogP contribution in [0.25, 0.3) is 23.0 Å². The molecular formula is C13H10N4O. The van der Waals surface area contributed by atoms with E-state index in [2.05, 4.69) is 20.2 Å². The summed E-state index contributed by atoms with van der Waals surface area (Å²) < 4.78 is 5.59. The molecule has 18 heavy (non-hydrogen) atoms. The molecule has 0 amide bonds. The lowest BCUT2D eigenvalue weighted by Crippen LogP contribution is -1.83. The molecule has 0 atom stereocenters. The molecule has 0 fully saturated rings. The smallest absolute Gasteiger partial charge is 0.268 e. The van der Waals surface area contributed by atoms with Crippen molar-refractivity contribution in [2.24, 2.45) is 0 Å². The largest absolute Gasteiger partial charge is 0.415 e. The summed E-state index contributed by atoms with van der Waals surface area (Å²) in [7, 11) is 0. The average molecular weight is 238 g/mol. The molecule has 0 spiro atoms. The number of aromatic nitrogens is 4. The van der Waals surface area contributed by atoms with Crippen molar-refractivity contribution in [1.82, 2.24) is 20.2 Å². The second-order valence-corrected chi connectivity index (χ2v) is 3.87. The van der Waals surface area contributed by atoms with Gasteiger partial charge < -0.3 is 4.42 Å². The van der Waals surface area contributed by atoms with E-state index in [1.807, 2.05) is 31.2 Å². The molecule has 2 aromatic heterocycles. The van der Waals surface area contributed by atoms with Crippen LogP contribution in [0.2, 0.25) is 0 Å². The summed E-state index contributed by atoms with van der Waals surface area (Å²) in [5.41, 5.74) is 2.62. The topological polar surface area (TPSA) is 64.7 Å². The van der Waals surface area contributed by atoms with E-state index in [4.69, 9.17) is 4.42 Å². The molecule has 88 valence electrons. The first kappa shape index (κ1) is 10.6. The number of hydrogen-bond donors (Lipinski definition) is 0. The van der Waals surface area contributed by atoms with Gasteiger partial charge in [-0.2, -0.15) is 0 Å². The molecule has 1 aromatic carbocycles. The number of rotatable bonds is 2. The Morgan fingerprint density at radius 3 is 2.72 bits per heavy atom. The summed E-state index contributed by atoms with van der Waals surface area (Å²) in [6.45, 7) is 2.02. The minimum Gasteiger partial charge on any atom is -0.415 e. The Bertz CT molecular complexity index is 664. The SMILES string of the molecule is Cc1cccc(-c2nnc(-c3cnccn3)o2)c1. The Kier molecular flexibility index (Phi) is 2.57. The Labute approximate surface area is 104 Å². The van der Waals surface area contributed by atoms with Crippen LogP contribution in [0.4, 0.5) is 0 Å². The fraction of sp³-hybridized carbons (Fsp3) is 0.0769. The summed E-state index contributed by atoms with van der Waals surface area (Å²) in [6.07, 6.45) is 4.78. The van der Waals surface area contributed by atoms with Gasteiger partial charge in [-0.25, -0.2) is 4.98 Å². The molecule has 3 rings (SSSR count). The maximum Gasteiger partial charge on any atom is 0.268 e. The monoisotopic (exact) mass is 238 g/mol. The molecule has 0 aliphatic carbocycles. The van der Waals surface area contributed by atoms with E-state index in [1.165, 1.54) is 0 Å². The molecule has 3 aromatic rings. The van der Waals surface area contributed by atoms with E-state index >= 15 is 0 Å². The Morgan fingerprint density at radius 2 is 1.94 bits per heavy atom. The lowest BCUT2D eigenvalue weighted by molar-refractivity contribution is 0.581. The second kappa shape index (κ2) is 4.37. The maximum absolute atomic E-state index is 5.59.